The molecule has 2 atom stereocenters. The first-order valence-corrected chi connectivity index (χ1v) is 24.3. The summed E-state index contributed by atoms with van der Waals surface area (Å²) in [5.74, 6) is -7.07. The highest BCUT2D eigenvalue weighted by Gasteiger charge is 2.33. The molecule has 0 aliphatic heterocycles. The van der Waals surface area contributed by atoms with Crippen LogP contribution in [0.5, 0.6) is 17.5 Å². The van der Waals surface area contributed by atoms with E-state index in [2.05, 4.69) is 24.5 Å². The van der Waals surface area contributed by atoms with E-state index in [1.54, 1.807) is 5.32 Å². The van der Waals surface area contributed by atoms with Crippen LogP contribution in [-0.2, 0) is 25.6 Å². The number of rotatable bonds is 16. The summed E-state index contributed by atoms with van der Waals surface area (Å²) in [4.78, 5) is 68.4. The van der Waals surface area contributed by atoms with Gasteiger partial charge in [0.1, 0.15) is 28.4 Å². The molecular formula is C37H33Cl4F7N9O16PS. The van der Waals surface area contributed by atoms with Gasteiger partial charge in [0, 0.05) is 12.8 Å². The van der Waals surface area contributed by atoms with Crippen LogP contribution in [-0.4, -0.2) is 116 Å². The Balaban J connectivity index is 0.000000370. The molecule has 2 heterocycles. The van der Waals surface area contributed by atoms with Crippen LogP contribution in [0.15, 0.2) is 65.7 Å². The second-order valence-electron chi connectivity index (χ2n) is 13.6. The standard InChI is InChI=1S/C14H10F4N4O7S.C10H5Cl2F3N4O2.C8H6Cl2O3.C5H12NO4P/c15-11(16)28-8-5-9(29-12(17)18)20-13(19-8)21-14(25)22-30(26,27)7-4-2-1-3-6(7)10(23)24;11-5-1-4(10(13,14)15)2-6(12)8(5)18-9(16)7(3-17-18)19(20)21;1-13-7-5(10)3-2-4(9)6(7)8(11)12;1-11(9,10)3-2-4(6)5(7)8/h1-5,11-12H,(H,23,24)(H2,19,20,21,22,25);1-3H,16H2;2-3H,1H3,(H,11,12);4H,2-3,6H2,1H3,(H,7,8)(H,9,10). The van der Waals surface area contributed by atoms with Crippen molar-refractivity contribution in [1.82, 2.24) is 24.5 Å². The number of anilines is 2. The van der Waals surface area contributed by atoms with Crippen LogP contribution in [0.25, 0.3) is 5.69 Å². The zero-order valence-electron chi connectivity index (χ0n) is 37.0. The maximum absolute atomic E-state index is 12.6. The van der Waals surface area contributed by atoms with Gasteiger partial charge in [-0.25, -0.2) is 32.2 Å². The number of carbonyl (C=O) groups is 4. The third-order valence-electron chi connectivity index (χ3n) is 8.15. The van der Waals surface area contributed by atoms with Crippen molar-refractivity contribution in [1.29, 1.82) is 0 Å². The monoisotopic (exact) mass is 1200 g/mol. The van der Waals surface area contributed by atoms with E-state index in [1.807, 2.05) is 0 Å². The maximum Gasteiger partial charge on any atom is 0.416 e. The molecule has 0 aliphatic carbocycles. The number of carbonyl (C=O) groups excluding carboxylic acids is 1. The molecule has 0 radical (unpaired) electrons. The number of nitrogens with one attached hydrogen (secondary N) is 2. The van der Waals surface area contributed by atoms with Crippen molar-refractivity contribution in [2.75, 3.05) is 31.0 Å². The third kappa shape index (κ3) is 20.0. The predicted octanol–water partition coefficient (Wildman–Crippen LogP) is 7.97. The van der Waals surface area contributed by atoms with E-state index in [0.29, 0.717) is 18.2 Å². The lowest BCUT2D eigenvalue weighted by molar-refractivity contribution is -0.383. The number of carboxylic acids is 3. The van der Waals surface area contributed by atoms with Gasteiger partial charge in [-0.05, 0) is 42.8 Å². The molecule has 2 unspecified atom stereocenters. The Labute approximate surface area is 434 Å². The van der Waals surface area contributed by atoms with Crippen LogP contribution in [0.3, 0.4) is 0 Å². The van der Waals surface area contributed by atoms with Crippen molar-refractivity contribution in [3.05, 3.63) is 108 Å². The highest BCUT2D eigenvalue weighted by Crippen LogP contribution is 2.39. The molecule has 3 aromatic carbocycles. The number of sulfonamides is 1. The summed E-state index contributed by atoms with van der Waals surface area (Å²) in [5, 5.41) is 41.6. The topological polar surface area (TPSA) is 391 Å². The van der Waals surface area contributed by atoms with Gasteiger partial charge in [-0.1, -0.05) is 58.5 Å². The van der Waals surface area contributed by atoms with E-state index < -0.39 is 117 Å². The summed E-state index contributed by atoms with van der Waals surface area (Å²) in [5.41, 5.74) is 8.11. The zero-order chi connectivity index (χ0) is 57.5. The van der Waals surface area contributed by atoms with Crippen molar-refractivity contribution < 1.29 is 102 Å². The molecule has 25 nitrogen and oxygen atoms in total. The molecule has 10 N–H and O–H groups in total. The van der Waals surface area contributed by atoms with Gasteiger partial charge < -0.3 is 45.9 Å². The highest BCUT2D eigenvalue weighted by atomic mass is 35.5. The number of aliphatic carboxylic acids is 1. The number of nitro groups is 1. The number of alkyl halides is 7. The summed E-state index contributed by atoms with van der Waals surface area (Å²) in [7, 11) is -6.48. The number of nitrogens with two attached hydrogens (primary N) is 2. The maximum atomic E-state index is 12.6. The van der Waals surface area contributed by atoms with E-state index in [-0.39, 0.29) is 49.7 Å². The number of benzene rings is 3. The lowest BCUT2D eigenvalue weighted by Crippen LogP contribution is -2.35. The Morgan fingerprint density at radius 3 is 1.83 bits per heavy atom. The number of methoxy groups -OCH3 is 1. The molecule has 0 spiro atoms. The van der Waals surface area contributed by atoms with Crippen molar-refractivity contribution >= 4 is 105 Å². The first kappa shape index (κ1) is 64.1. The van der Waals surface area contributed by atoms with E-state index in [0.717, 1.165) is 23.0 Å². The quantitative estimate of drug-likeness (QED) is 0.0201. The normalized spacial score (nSPS) is 12.2. The molecule has 5 rings (SSSR count). The number of hydrogen-bond acceptors (Lipinski definition) is 17. The number of urea groups is 1. The number of ether oxygens (including phenoxy) is 3. The largest absolute Gasteiger partial charge is 0.494 e. The molecule has 0 bridgehead atoms. The summed E-state index contributed by atoms with van der Waals surface area (Å²) in [6.07, 6.45) is -3.78. The van der Waals surface area contributed by atoms with Gasteiger partial charge in [-0.3, -0.25) is 24.8 Å². The van der Waals surface area contributed by atoms with Gasteiger partial charge in [-0.2, -0.15) is 45.8 Å². The molecule has 0 saturated heterocycles. The second-order valence-corrected chi connectivity index (χ2v) is 19.4. The SMILES string of the molecule is COc1c(Cl)ccc(Cl)c1C(=O)O.CP(=O)(O)CCC(N)C(=O)O.Nc1c([N+](=O)[O-])cnn1-c1c(Cl)cc(C(F)(F)F)cc1Cl.O=C(Nc1nc(OC(F)F)cc(OC(F)F)n1)NS(=O)(=O)c1ccccc1C(=O)O. The lowest BCUT2D eigenvalue weighted by atomic mass is 10.2. The molecule has 5 aromatic rings. The average Bonchev–Trinajstić information content (AvgIpc) is 3.65. The van der Waals surface area contributed by atoms with Crippen molar-refractivity contribution in [2.24, 2.45) is 5.73 Å². The van der Waals surface area contributed by atoms with Gasteiger partial charge in [0.15, 0.2) is 13.1 Å². The van der Waals surface area contributed by atoms with E-state index in [4.69, 9.17) is 82.8 Å². The van der Waals surface area contributed by atoms with Crippen molar-refractivity contribution in [3.63, 3.8) is 0 Å². The third-order valence-corrected chi connectivity index (χ3v) is 11.8. The number of halogens is 11. The minimum absolute atomic E-state index is 0.0412. The Morgan fingerprint density at radius 1 is 0.893 bits per heavy atom. The fraction of sp³-hybridized carbons (Fsp3) is 0.216. The number of aromatic carboxylic acids is 2. The minimum atomic E-state index is -4.71. The lowest BCUT2D eigenvalue weighted by Gasteiger charge is -2.12. The first-order chi connectivity index (χ1) is 34.5. The Hall–Kier alpha value is -7.00. The summed E-state index contributed by atoms with van der Waals surface area (Å²) in [6.45, 7) is -5.63. The number of carboxylic acid groups (broad SMARTS) is 3. The molecular weight excluding hydrogens is 1160 g/mol. The van der Waals surface area contributed by atoms with Gasteiger partial charge in [0.2, 0.25) is 23.5 Å². The minimum Gasteiger partial charge on any atom is -0.494 e. The van der Waals surface area contributed by atoms with Crippen LogP contribution < -0.4 is 35.7 Å². The molecule has 38 heteroatoms. The Bertz CT molecular complexity index is 3020. The Kier molecular flexibility index (Phi) is 23.5. The molecule has 2 amide bonds. The van der Waals surface area contributed by atoms with Crippen LogP contribution >= 0.6 is 53.8 Å². The van der Waals surface area contributed by atoms with Crippen LogP contribution in [0.4, 0.5) is 53.0 Å². The molecule has 0 fully saturated rings. The van der Waals surface area contributed by atoms with Crippen LogP contribution in [0.2, 0.25) is 20.1 Å². The molecule has 2 aromatic heterocycles. The van der Waals surface area contributed by atoms with Gasteiger partial charge in [-0.15, -0.1) is 0 Å². The van der Waals surface area contributed by atoms with E-state index >= 15 is 0 Å². The Morgan fingerprint density at radius 2 is 1.41 bits per heavy atom. The summed E-state index contributed by atoms with van der Waals surface area (Å²) < 4.78 is 137. The van der Waals surface area contributed by atoms with Crippen LogP contribution in [0, 0.1) is 10.1 Å². The number of hydrogen-bond donors (Lipinski definition) is 8. The molecule has 410 valence electrons. The first-order valence-electron chi connectivity index (χ1n) is 19.0. The number of nitrogen functional groups attached to an aromatic ring is 1. The van der Waals surface area contributed by atoms with E-state index in [9.17, 15) is 73.0 Å². The average molecular weight is 1200 g/mol. The second kappa shape index (κ2) is 27.5. The van der Waals surface area contributed by atoms with Crippen LogP contribution in [0.1, 0.15) is 32.7 Å². The van der Waals surface area contributed by atoms with Gasteiger partial charge in [0.25, 0.3) is 10.0 Å². The molecule has 0 aliphatic rings. The number of nitrogens with zero attached hydrogens (tertiary/aromatic N) is 5. The molecule has 75 heavy (non-hydrogen) atoms. The van der Waals surface area contributed by atoms with Crippen molar-refractivity contribution in [3.8, 4) is 23.2 Å². The van der Waals surface area contributed by atoms with E-state index in [1.165, 1.54) is 42.8 Å². The fourth-order valence-corrected chi connectivity index (χ4v) is 7.96. The predicted molar refractivity (Wildman–Crippen MR) is 249 cm³/mol. The van der Waals surface area contributed by atoms with Crippen molar-refractivity contribution in [2.45, 2.75) is 36.8 Å². The smallest absolute Gasteiger partial charge is 0.416 e. The number of amides is 2. The number of aromatic nitrogens is 4. The van der Waals surface area contributed by atoms with Gasteiger partial charge in [0.05, 0.1) is 49.3 Å². The summed E-state index contributed by atoms with van der Waals surface area (Å²) >= 11 is 22.9. The highest BCUT2D eigenvalue weighted by molar-refractivity contribution is 7.90. The summed E-state index contributed by atoms with van der Waals surface area (Å²) in [6, 6.07) is 6.36. The van der Waals surface area contributed by atoms with Gasteiger partial charge >= 0.3 is 49.0 Å². The fourth-order valence-electron chi connectivity index (χ4n) is 4.98. The zero-order valence-corrected chi connectivity index (χ0v) is 41.7. The molecule has 0 saturated carbocycles.